The van der Waals surface area contributed by atoms with Crippen LogP contribution in [0.5, 0.6) is 0 Å². The molecule has 3 heterocycles. The number of nitriles is 1. The van der Waals surface area contributed by atoms with Gasteiger partial charge in [-0.1, -0.05) is 0 Å². The molecule has 1 aliphatic rings. The number of carbonyl (C=O) groups is 1. The second-order valence-corrected chi connectivity index (χ2v) is 9.02. The highest BCUT2D eigenvalue weighted by Gasteiger charge is 2.27. The van der Waals surface area contributed by atoms with Crippen LogP contribution in [-0.2, 0) is 11.3 Å². The zero-order chi connectivity index (χ0) is 21.3. The molecule has 1 amide bonds. The molecule has 3 aromatic rings. The molecule has 8 nitrogen and oxygen atoms in total. The van der Waals surface area contributed by atoms with Gasteiger partial charge in [-0.2, -0.15) is 5.26 Å². The Bertz CT molecular complexity index is 1090. The highest BCUT2D eigenvalue weighted by molar-refractivity contribution is 6.01. The molecular formula is C22H28N6O2. The van der Waals surface area contributed by atoms with Crippen molar-refractivity contribution in [1.82, 2.24) is 24.8 Å². The summed E-state index contributed by atoms with van der Waals surface area (Å²) in [4.78, 5) is 24.7. The predicted molar refractivity (Wildman–Crippen MR) is 114 cm³/mol. The standard InChI is InChI=1S/C22H28N6O2/c1-22(2,3)30-21(29)26-13-18-27-17-12-25-20-16(9-11-24-20)19(17)28(18)15-6-4-14(5-7-15)8-10-23/h9,11-12,14-15H,4-8,13H2,1-3H3,(H,24,25)(H,26,29)/t14-,15-. The lowest BCUT2D eigenvalue weighted by Gasteiger charge is -2.30. The molecule has 0 radical (unpaired) electrons. The smallest absolute Gasteiger partial charge is 0.408 e. The summed E-state index contributed by atoms with van der Waals surface area (Å²) in [7, 11) is 0. The van der Waals surface area contributed by atoms with Crippen molar-refractivity contribution in [3.63, 3.8) is 0 Å². The van der Waals surface area contributed by atoms with E-state index >= 15 is 0 Å². The number of ether oxygens (including phenoxy) is 1. The van der Waals surface area contributed by atoms with E-state index in [0.717, 1.165) is 53.6 Å². The van der Waals surface area contributed by atoms with Crippen LogP contribution in [0.1, 0.15) is 64.7 Å². The average molecular weight is 409 g/mol. The maximum atomic E-state index is 12.2. The normalized spacial score (nSPS) is 19.7. The van der Waals surface area contributed by atoms with Gasteiger partial charge in [0.25, 0.3) is 0 Å². The molecule has 0 aromatic carbocycles. The highest BCUT2D eigenvalue weighted by Crippen LogP contribution is 2.37. The number of aromatic nitrogens is 4. The Labute approximate surface area is 175 Å². The number of nitrogens with one attached hydrogen (secondary N) is 2. The summed E-state index contributed by atoms with van der Waals surface area (Å²) in [5.74, 6) is 1.27. The van der Waals surface area contributed by atoms with Gasteiger partial charge in [0.1, 0.15) is 22.6 Å². The number of nitrogens with zero attached hydrogens (tertiary/aromatic N) is 4. The van der Waals surface area contributed by atoms with Gasteiger partial charge in [0.05, 0.1) is 24.3 Å². The fourth-order valence-electron chi connectivity index (χ4n) is 4.36. The number of alkyl carbamates (subject to hydrolysis) is 1. The van der Waals surface area contributed by atoms with Gasteiger partial charge in [0, 0.05) is 24.0 Å². The molecule has 1 saturated carbocycles. The van der Waals surface area contributed by atoms with Crippen molar-refractivity contribution >= 4 is 28.2 Å². The van der Waals surface area contributed by atoms with Crippen LogP contribution in [0.3, 0.4) is 0 Å². The van der Waals surface area contributed by atoms with E-state index in [4.69, 9.17) is 15.0 Å². The number of hydrogen-bond acceptors (Lipinski definition) is 5. The Hall–Kier alpha value is -3.08. The SMILES string of the molecule is CC(C)(C)OC(=O)NCc1nc2cnc3[nH]ccc3c2n1[C@H]1CC[C@H](CC#N)CC1. The Morgan fingerprint density at radius 2 is 2.13 bits per heavy atom. The molecule has 2 N–H and O–H groups in total. The molecule has 3 aromatic heterocycles. The summed E-state index contributed by atoms with van der Waals surface area (Å²) in [5, 5.41) is 12.9. The zero-order valence-corrected chi connectivity index (χ0v) is 17.7. The van der Waals surface area contributed by atoms with Gasteiger partial charge >= 0.3 is 6.09 Å². The van der Waals surface area contributed by atoms with E-state index in [1.165, 1.54) is 0 Å². The molecule has 0 saturated heterocycles. The Morgan fingerprint density at radius 3 is 2.83 bits per heavy atom. The third kappa shape index (κ3) is 4.11. The summed E-state index contributed by atoms with van der Waals surface area (Å²) in [5.41, 5.74) is 2.14. The molecule has 0 unspecified atom stereocenters. The third-order valence-electron chi connectivity index (χ3n) is 5.66. The van der Waals surface area contributed by atoms with Gasteiger partial charge < -0.3 is 19.6 Å². The van der Waals surface area contributed by atoms with Crippen LogP contribution in [0.2, 0.25) is 0 Å². The van der Waals surface area contributed by atoms with Gasteiger partial charge in [-0.3, -0.25) is 0 Å². The fourth-order valence-corrected chi connectivity index (χ4v) is 4.36. The number of hydrogen-bond donors (Lipinski definition) is 2. The monoisotopic (exact) mass is 408 g/mol. The largest absolute Gasteiger partial charge is 0.444 e. The lowest BCUT2D eigenvalue weighted by atomic mass is 9.84. The minimum atomic E-state index is -0.551. The number of imidazole rings is 1. The van der Waals surface area contributed by atoms with Gasteiger partial charge in [0.2, 0.25) is 0 Å². The lowest BCUT2D eigenvalue weighted by Crippen LogP contribution is -2.33. The maximum absolute atomic E-state index is 12.2. The number of carbonyl (C=O) groups excluding carboxylic acids is 1. The Morgan fingerprint density at radius 1 is 1.37 bits per heavy atom. The highest BCUT2D eigenvalue weighted by atomic mass is 16.6. The van der Waals surface area contributed by atoms with Gasteiger partial charge in [0.15, 0.2) is 0 Å². The molecule has 8 heteroatoms. The zero-order valence-electron chi connectivity index (χ0n) is 17.7. The number of H-pyrrole nitrogens is 1. The van der Waals surface area contributed by atoms with E-state index in [-0.39, 0.29) is 12.6 Å². The van der Waals surface area contributed by atoms with E-state index in [1.807, 2.05) is 33.0 Å². The minimum absolute atomic E-state index is 0.279. The molecule has 30 heavy (non-hydrogen) atoms. The molecule has 1 aliphatic carbocycles. The number of rotatable bonds is 4. The molecule has 0 atom stereocenters. The van der Waals surface area contributed by atoms with E-state index in [1.54, 1.807) is 6.20 Å². The quantitative estimate of drug-likeness (QED) is 0.657. The van der Waals surface area contributed by atoms with Crippen molar-refractivity contribution in [2.24, 2.45) is 5.92 Å². The van der Waals surface area contributed by atoms with E-state index in [0.29, 0.717) is 12.3 Å². The predicted octanol–water partition coefficient (Wildman–Crippen LogP) is 4.58. The number of pyridine rings is 1. The van der Waals surface area contributed by atoms with Crippen LogP contribution >= 0.6 is 0 Å². The van der Waals surface area contributed by atoms with Crippen LogP contribution in [-0.4, -0.2) is 31.2 Å². The van der Waals surface area contributed by atoms with Crippen LogP contribution in [0.25, 0.3) is 22.1 Å². The molecule has 4 rings (SSSR count). The molecule has 0 spiro atoms. The summed E-state index contributed by atoms with van der Waals surface area (Å²) < 4.78 is 7.65. The maximum Gasteiger partial charge on any atom is 0.408 e. The van der Waals surface area contributed by atoms with Crippen LogP contribution in [0.4, 0.5) is 4.79 Å². The molecule has 158 valence electrons. The summed E-state index contributed by atoms with van der Waals surface area (Å²) in [6, 6.07) is 4.61. The van der Waals surface area contributed by atoms with Gasteiger partial charge in [-0.15, -0.1) is 0 Å². The van der Waals surface area contributed by atoms with Gasteiger partial charge in [-0.25, -0.2) is 14.8 Å². The van der Waals surface area contributed by atoms with E-state index < -0.39 is 11.7 Å². The first kappa shape index (κ1) is 20.2. The first-order valence-electron chi connectivity index (χ1n) is 10.5. The van der Waals surface area contributed by atoms with Crippen molar-refractivity contribution < 1.29 is 9.53 Å². The van der Waals surface area contributed by atoms with E-state index in [2.05, 4.69) is 25.9 Å². The molecular weight excluding hydrogens is 380 g/mol. The summed E-state index contributed by atoms with van der Waals surface area (Å²) in [6.45, 7) is 5.81. The van der Waals surface area contributed by atoms with Crippen molar-refractivity contribution in [3.05, 3.63) is 24.3 Å². The van der Waals surface area contributed by atoms with Crippen molar-refractivity contribution in [3.8, 4) is 6.07 Å². The second-order valence-electron chi connectivity index (χ2n) is 9.02. The van der Waals surface area contributed by atoms with Crippen molar-refractivity contribution in [2.75, 3.05) is 0 Å². The fraction of sp³-hybridized carbons (Fsp3) is 0.545. The third-order valence-corrected chi connectivity index (χ3v) is 5.66. The van der Waals surface area contributed by atoms with E-state index in [9.17, 15) is 4.79 Å². The summed E-state index contributed by atoms with van der Waals surface area (Å²) >= 11 is 0. The van der Waals surface area contributed by atoms with Crippen LogP contribution in [0, 0.1) is 17.2 Å². The topological polar surface area (TPSA) is 109 Å². The molecule has 0 aliphatic heterocycles. The Kier molecular flexibility index (Phi) is 5.37. The molecule has 0 bridgehead atoms. The first-order valence-corrected chi connectivity index (χ1v) is 10.5. The number of fused-ring (bicyclic) bond motifs is 3. The average Bonchev–Trinajstić information content (AvgIpc) is 3.29. The number of amides is 1. The van der Waals surface area contributed by atoms with Crippen molar-refractivity contribution in [1.29, 1.82) is 5.26 Å². The number of aromatic amines is 1. The van der Waals surface area contributed by atoms with Crippen LogP contribution in [0.15, 0.2) is 18.5 Å². The first-order chi connectivity index (χ1) is 14.4. The van der Waals surface area contributed by atoms with Gasteiger partial charge in [-0.05, 0) is 58.4 Å². The molecule has 1 fully saturated rings. The Balaban J connectivity index is 1.67. The lowest BCUT2D eigenvalue weighted by molar-refractivity contribution is 0.0521. The van der Waals surface area contributed by atoms with Crippen LogP contribution < -0.4 is 5.32 Å². The second kappa shape index (κ2) is 7.98. The van der Waals surface area contributed by atoms with Crippen molar-refractivity contribution in [2.45, 2.75) is 71.1 Å². The summed E-state index contributed by atoms with van der Waals surface area (Å²) in [6.07, 6.45) is 7.87. The minimum Gasteiger partial charge on any atom is -0.444 e.